The lowest BCUT2D eigenvalue weighted by Gasteiger charge is -2.12. The molecule has 0 bridgehead atoms. The first kappa shape index (κ1) is 23.3. The zero-order valence-corrected chi connectivity index (χ0v) is 18.7. The summed E-state index contributed by atoms with van der Waals surface area (Å²) in [5.74, 6) is 1.17. The molecule has 0 saturated heterocycles. The van der Waals surface area contributed by atoms with E-state index in [1.54, 1.807) is 51.7 Å². The van der Waals surface area contributed by atoms with E-state index in [9.17, 15) is 9.90 Å². The van der Waals surface area contributed by atoms with Crippen LogP contribution in [-0.2, 0) is 4.79 Å². The quantitative estimate of drug-likeness (QED) is 0.198. The average Bonchev–Trinajstić information content (AvgIpc) is 2.83. The number of rotatable bonds is 8. The first-order valence-electron chi connectivity index (χ1n) is 10.1. The van der Waals surface area contributed by atoms with Crippen LogP contribution in [0, 0.1) is 0 Å². The van der Waals surface area contributed by atoms with Gasteiger partial charge in [-0.05, 0) is 53.1 Å². The molecule has 7 nitrogen and oxygen atoms in total. The lowest BCUT2D eigenvalue weighted by Crippen LogP contribution is -2.08. The summed E-state index contributed by atoms with van der Waals surface area (Å²) < 4.78 is 16.1. The number of benzene rings is 3. The Kier molecular flexibility index (Phi) is 7.60. The molecule has 4 N–H and O–H groups in total. The zero-order chi connectivity index (χ0) is 23.8. The van der Waals surface area contributed by atoms with E-state index >= 15 is 0 Å². The first-order valence-corrected chi connectivity index (χ1v) is 10.1. The van der Waals surface area contributed by atoms with E-state index < -0.39 is 0 Å². The number of carbonyl (C=O) groups is 1. The maximum atomic E-state index is 12.2. The molecule has 0 saturated carbocycles. The monoisotopic (exact) mass is 446 g/mol. The Morgan fingerprint density at radius 1 is 0.879 bits per heavy atom. The van der Waals surface area contributed by atoms with Gasteiger partial charge in [-0.25, -0.2) is 0 Å². The molecule has 3 aromatic rings. The van der Waals surface area contributed by atoms with Crippen LogP contribution >= 0.6 is 0 Å². The third-order valence-electron chi connectivity index (χ3n) is 4.85. The molecule has 0 aromatic heterocycles. The van der Waals surface area contributed by atoms with Crippen LogP contribution in [0.1, 0.15) is 16.7 Å². The Hall–Kier alpha value is -4.39. The molecular weight excluding hydrogens is 420 g/mol. The van der Waals surface area contributed by atoms with Crippen molar-refractivity contribution in [2.24, 2.45) is 0 Å². The van der Waals surface area contributed by atoms with E-state index in [4.69, 9.17) is 19.9 Å². The molecule has 7 heteroatoms. The molecule has 3 rings (SSSR count). The molecule has 1 amide bonds. The molecule has 0 spiro atoms. The number of carbonyl (C=O) groups excluding carboxylic acids is 1. The number of anilines is 2. The largest absolute Gasteiger partial charge is 0.506 e. The second kappa shape index (κ2) is 10.8. The second-order valence-electron chi connectivity index (χ2n) is 7.02. The number of nitrogens with one attached hydrogen (secondary N) is 1. The van der Waals surface area contributed by atoms with Crippen molar-refractivity contribution in [3.8, 4) is 23.0 Å². The van der Waals surface area contributed by atoms with Gasteiger partial charge in [-0.3, -0.25) is 4.79 Å². The van der Waals surface area contributed by atoms with Gasteiger partial charge in [-0.2, -0.15) is 0 Å². The number of methoxy groups -OCH3 is 3. The van der Waals surface area contributed by atoms with Crippen LogP contribution in [0.3, 0.4) is 0 Å². The van der Waals surface area contributed by atoms with Crippen LogP contribution in [0.15, 0.2) is 60.7 Å². The number of phenolic OH excluding ortho intramolecular Hbond substituents is 1. The van der Waals surface area contributed by atoms with E-state index in [1.807, 2.05) is 42.5 Å². The molecule has 0 aliphatic rings. The fraction of sp³-hybridized carbons (Fsp3) is 0.115. The van der Waals surface area contributed by atoms with Crippen molar-refractivity contribution in [1.29, 1.82) is 0 Å². The number of para-hydroxylation sites is 1. The van der Waals surface area contributed by atoms with Crippen molar-refractivity contribution in [2.75, 3.05) is 32.4 Å². The molecule has 0 fully saturated rings. The van der Waals surface area contributed by atoms with Crippen LogP contribution < -0.4 is 25.3 Å². The number of hydrogen-bond acceptors (Lipinski definition) is 6. The van der Waals surface area contributed by atoms with Gasteiger partial charge < -0.3 is 30.4 Å². The highest BCUT2D eigenvalue weighted by Crippen LogP contribution is 2.38. The second-order valence-corrected chi connectivity index (χ2v) is 7.02. The predicted octanol–water partition coefficient (Wildman–Crippen LogP) is 4.82. The molecule has 0 unspecified atom stereocenters. The summed E-state index contributed by atoms with van der Waals surface area (Å²) >= 11 is 0. The number of hydrogen-bond donors (Lipinski definition) is 3. The minimum Gasteiger partial charge on any atom is -0.506 e. The summed E-state index contributed by atoms with van der Waals surface area (Å²) in [7, 11) is 4.66. The Morgan fingerprint density at radius 3 is 2.15 bits per heavy atom. The third kappa shape index (κ3) is 5.86. The van der Waals surface area contributed by atoms with Crippen molar-refractivity contribution in [2.45, 2.75) is 0 Å². The summed E-state index contributed by atoms with van der Waals surface area (Å²) in [6.07, 6.45) is 6.66. The number of amides is 1. The van der Waals surface area contributed by atoms with Gasteiger partial charge >= 0.3 is 0 Å². The normalized spacial score (nSPS) is 11.0. The number of nitrogens with two attached hydrogens (primary N) is 1. The molecule has 3 aromatic carbocycles. The van der Waals surface area contributed by atoms with Crippen LogP contribution in [0.5, 0.6) is 23.0 Å². The first-order chi connectivity index (χ1) is 15.9. The molecule has 33 heavy (non-hydrogen) atoms. The van der Waals surface area contributed by atoms with Crippen molar-refractivity contribution in [3.05, 3.63) is 77.4 Å². The molecular formula is C26H26N2O5. The van der Waals surface area contributed by atoms with Crippen LogP contribution in [0.2, 0.25) is 0 Å². The van der Waals surface area contributed by atoms with Crippen LogP contribution in [0.25, 0.3) is 18.2 Å². The number of nitrogen functional groups attached to an aromatic ring is 1. The van der Waals surface area contributed by atoms with Crippen molar-refractivity contribution in [1.82, 2.24) is 0 Å². The van der Waals surface area contributed by atoms with Crippen molar-refractivity contribution < 1.29 is 24.1 Å². The van der Waals surface area contributed by atoms with Gasteiger partial charge in [0.25, 0.3) is 0 Å². The van der Waals surface area contributed by atoms with E-state index in [2.05, 4.69) is 5.32 Å². The zero-order valence-electron chi connectivity index (χ0n) is 18.7. The minimum atomic E-state index is -0.380. The van der Waals surface area contributed by atoms with Crippen LogP contribution in [0.4, 0.5) is 11.4 Å². The van der Waals surface area contributed by atoms with E-state index in [0.29, 0.717) is 28.6 Å². The highest BCUT2D eigenvalue weighted by Gasteiger charge is 2.12. The molecule has 0 aliphatic carbocycles. The smallest absolute Gasteiger partial charge is 0.248 e. The lowest BCUT2D eigenvalue weighted by atomic mass is 10.1. The average molecular weight is 447 g/mol. The maximum Gasteiger partial charge on any atom is 0.248 e. The van der Waals surface area contributed by atoms with Gasteiger partial charge in [-0.15, -0.1) is 0 Å². The standard InChI is InChI=1S/C26H26N2O5/c1-31-23-15-18(16-24(32-2)26(23)33-3)9-8-17-10-12-21(22(29)14-17)28-25(30)13-11-19-6-4-5-7-20(19)27/h4-16,29H,27H2,1-3H3,(H,28,30)/b9-8?,13-11+. The van der Waals surface area contributed by atoms with E-state index in [0.717, 1.165) is 16.7 Å². The Morgan fingerprint density at radius 2 is 1.55 bits per heavy atom. The van der Waals surface area contributed by atoms with E-state index in [-0.39, 0.29) is 11.7 Å². The van der Waals surface area contributed by atoms with Crippen molar-refractivity contribution in [3.63, 3.8) is 0 Å². The summed E-state index contributed by atoms with van der Waals surface area (Å²) in [6.45, 7) is 0. The molecule has 0 radical (unpaired) electrons. The molecule has 170 valence electrons. The lowest BCUT2D eigenvalue weighted by molar-refractivity contribution is -0.111. The Bertz CT molecular complexity index is 1180. The van der Waals surface area contributed by atoms with Gasteiger partial charge in [0.05, 0.1) is 27.0 Å². The maximum absolute atomic E-state index is 12.2. The highest BCUT2D eigenvalue weighted by molar-refractivity contribution is 6.03. The molecule has 0 heterocycles. The predicted molar refractivity (Wildman–Crippen MR) is 132 cm³/mol. The number of ether oxygens (including phenoxy) is 3. The number of phenols is 1. The van der Waals surface area contributed by atoms with Gasteiger partial charge in [0.15, 0.2) is 11.5 Å². The molecule has 0 aliphatic heterocycles. The topological polar surface area (TPSA) is 103 Å². The summed E-state index contributed by atoms with van der Waals surface area (Å²) in [5.41, 5.74) is 9.05. The summed E-state index contributed by atoms with van der Waals surface area (Å²) in [6, 6.07) is 15.8. The van der Waals surface area contributed by atoms with Gasteiger partial charge in [0, 0.05) is 11.8 Å². The van der Waals surface area contributed by atoms with Gasteiger partial charge in [0.2, 0.25) is 11.7 Å². The highest BCUT2D eigenvalue weighted by atomic mass is 16.5. The van der Waals surface area contributed by atoms with E-state index in [1.165, 1.54) is 6.08 Å². The van der Waals surface area contributed by atoms with Gasteiger partial charge in [-0.1, -0.05) is 36.4 Å². The third-order valence-corrected chi connectivity index (χ3v) is 4.85. The fourth-order valence-electron chi connectivity index (χ4n) is 3.15. The fourth-order valence-corrected chi connectivity index (χ4v) is 3.15. The minimum absolute atomic E-state index is 0.0528. The Balaban J connectivity index is 1.72. The summed E-state index contributed by atoms with van der Waals surface area (Å²) in [4.78, 5) is 12.2. The number of aromatic hydroxyl groups is 1. The summed E-state index contributed by atoms with van der Waals surface area (Å²) in [5, 5.41) is 13.0. The van der Waals surface area contributed by atoms with Crippen LogP contribution in [-0.4, -0.2) is 32.3 Å². The van der Waals surface area contributed by atoms with Gasteiger partial charge in [0.1, 0.15) is 5.75 Å². The SMILES string of the molecule is COc1cc(C=Cc2ccc(NC(=O)/C=C/c3ccccc3N)c(O)c2)cc(OC)c1OC. The van der Waals surface area contributed by atoms with Crippen molar-refractivity contribution >= 4 is 35.5 Å². The molecule has 0 atom stereocenters. The Labute approximate surface area is 192 Å².